The summed E-state index contributed by atoms with van der Waals surface area (Å²) in [5.74, 6) is -1.23. The van der Waals surface area contributed by atoms with Crippen molar-refractivity contribution in [2.45, 2.75) is 4.21 Å². The van der Waals surface area contributed by atoms with E-state index in [0.29, 0.717) is 8.81 Å². The highest BCUT2D eigenvalue weighted by Crippen LogP contribution is 2.29. The largest absolute Gasteiger partial charge is 0.478 e. The van der Waals surface area contributed by atoms with E-state index in [2.05, 4.69) is 20.7 Å². The molecule has 9 heteroatoms. The van der Waals surface area contributed by atoms with E-state index in [9.17, 15) is 13.2 Å². The van der Waals surface area contributed by atoms with Crippen molar-refractivity contribution in [2.75, 3.05) is 4.72 Å². The molecule has 0 aliphatic rings. The lowest BCUT2D eigenvalue weighted by Gasteiger charge is -2.09. The first-order chi connectivity index (χ1) is 9.29. The minimum absolute atomic E-state index is 0.00905. The quantitative estimate of drug-likeness (QED) is 0.826. The van der Waals surface area contributed by atoms with E-state index >= 15 is 0 Å². The Bertz CT molecular complexity index is 772. The number of hydrogen-bond acceptors (Lipinski definition) is 4. The van der Waals surface area contributed by atoms with Gasteiger partial charge in [0.15, 0.2) is 0 Å². The normalized spacial score (nSPS) is 11.3. The molecule has 2 rings (SSSR count). The number of sulfonamides is 1. The van der Waals surface area contributed by atoms with Crippen LogP contribution < -0.4 is 4.72 Å². The van der Waals surface area contributed by atoms with Crippen LogP contribution in [0, 0.1) is 0 Å². The molecular formula is C11H7BrClNO4S2. The minimum atomic E-state index is -3.86. The van der Waals surface area contributed by atoms with Crippen LogP contribution >= 0.6 is 38.9 Å². The molecule has 0 saturated carbocycles. The maximum absolute atomic E-state index is 12.1. The number of carboxylic acid groups (broad SMARTS) is 1. The van der Waals surface area contributed by atoms with Crippen LogP contribution in [0.4, 0.5) is 5.69 Å². The standard InChI is InChI=1S/C11H7BrClNO4S2/c12-6-1-2-8(7(5-6)11(15)16)14-20(17,18)10-4-3-9(13)19-10/h1-5,14H,(H,15,16). The van der Waals surface area contributed by atoms with Crippen molar-refractivity contribution in [3.8, 4) is 0 Å². The van der Waals surface area contributed by atoms with E-state index in [0.717, 1.165) is 11.3 Å². The number of carboxylic acids is 1. The van der Waals surface area contributed by atoms with Crippen LogP contribution in [0.2, 0.25) is 4.34 Å². The van der Waals surface area contributed by atoms with Crippen molar-refractivity contribution < 1.29 is 18.3 Å². The smallest absolute Gasteiger partial charge is 0.337 e. The molecule has 0 unspecified atom stereocenters. The van der Waals surface area contributed by atoms with Gasteiger partial charge in [-0.1, -0.05) is 27.5 Å². The van der Waals surface area contributed by atoms with Crippen LogP contribution in [0.5, 0.6) is 0 Å². The molecule has 0 amide bonds. The molecule has 0 fully saturated rings. The van der Waals surface area contributed by atoms with Crippen LogP contribution in [-0.4, -0.2) is 19.5 Å². The van der Waals surface area contributed by atoms with Crippen LogP contribution in [-0.2, 0) is 10.0 Å². The molecule has 2 N–H and O–H groups in total. The minimum Gasteiger partial charge on any atom is -0.478 e. The second-order valence-electron chi connectivity index (χ2n) is 3.66. The summed E-state index contributed by atoms with van der Waals surface area (Å²) in [4.78, 5) is 11.1. The third-order valence-electron chi connectivity index (χ3n) is 2.27. The summed E-state index contributed by atoms with van der Waals surface area (Å²) in [6.45, 7) is 0. The van der Waals surface area contributed by atoms with Gasteiger partial charge < -0.3 is 5.11 Å². The lowest BCUT2D eigenvalue weighted by Crippen LogP contribution is -2.14. The summed E-state index contributed by atoms with van der Waals surface area (Å²) in [5, 5.41) is 9.09. The predicted octanol–water partition coefficient (Wildman–Crippen LogP) is 3.66. The van der Waals surface area contributed by atoms with Crippen LogP contribution in [0.25, 0.3) is 0 Å². The Morgan fingerprint density at radius 1 is 1.30 bits per heavy atom. The van der Waals surface area contributed by atoms with Gasteiger partial charge in [-0.25, -0.2) is 13.2 Å². The number of halogens is 2. The van der Waals surface area contributed by atoms with Gasteiger partial charge in [0, 0.05) is 4.47 Å². The highest BCUT2D eigenvalue weighted by atomic mass is 79.9. The van der Waals surface area contributed by atoms with Crippen molar-refractivity contribution in [3.63, 3.8) is 0 Å². The second-order valence-corrected chi connectivity index (χ2v) is 8.20. The molecular weight excluding hydrogens is 390 g/mol. The molecule has 0 spiro atoms. The Morgan fingerprint density at radius 3 is 2.55 bits per heavy atom. The molecule has 0 aliphatic carbocycles. The summed E-state index contributed by atoms with van der Waals surface area (Å²) in [6, 6.07) is 7.06. The van der Waals surface area contributed by atoms with Gasteiger partial charge in [-0.15, -0.1) is 11.3 Å². The Hall–Kier alpha value is -1.09. The zero-order valence-electron chi connectivity index (χ0n) is 9.63. The Balaban J connectivity index is 2.42. The Labute approximate surface area is 132 Å². The summed E-state index contributed by atoms with van der Waals surface area (Å²) >= 11 is 9.72. The number of benzene rings is 1. The monoisotopic (exact) mass is 395 g/mol. The molecule has 1 aromatic carbocycles. The predicted molar refractivity (Wildman–Crippen MR) is 81.2 cm³/mol. The first-order valence-corrected chi connectivity index (χ1v) is 8.57. The van der Waals surface area contributed by atoms with Crippen LogP contribution in [0.15, 0.2) is 39.0 Å². The number of hydrogen-bond donors (Lipinski definition) is 2. The molecule has 0 bridgehead atoms. The molecule has 20 heavy (non-hydrogen) atoms. The number of nitrogens with one attached hydrogen (secondary N) is 1. The molecule has 2 aromatic rings. The first kappa shape index (κ1) is 15.3. The van der Waals surface area contributed by atoms with Crippen molar-refractivity contribution in [3.05, 3.63) is 44.7 Å². The lowest BCUT2D eigenvalue weighted by molar-refractivity contribution is 0.0698. The Morgan fingerprint density at radius 2 is 2.00 bits per heavy atom. The molecule has 0 atom stereocenters. The Kier molecular flexibility index (Phi) is 4.38. The summed E-state index contributed by atoms with van der Waals surface area (Å²) in [6.07, 6.45) is 0. The van der Waals surface area contributed by atoms with E-state index in [1.54, 1.807) is 6.07 Å². The van der Waals surface area contributed by atoms with E-state index in [4.69, 9.17) is 16.7 Å². The molecule has 0 aliphatic heterocycles. The zero-order chi connectivity index (χ0) is 14.9. The second kappa shape index (κ2) is 5.72. The number of thiophene rings is 1. The average Bonchev–Trinajstić information content (AvgIpc) is 2.78. The molecule has 0 saturated heterocycles. The third-order valence-corrected chi connectivity index (χ3v) is 5.85. The maximum atomic E-state index is 12.1. The topological polar surface area (TPSA) is 83.5 Å². The van der Waals surface area contributed by atoms with E-state index in [-0.39, 0.29) is 15.5 Å². The highest BCUT2D eigenvalue weighted by Gasteiger charge is 2.20. The van der Waals surface area contributed by atoms with Gasteiger partial charge in [-0.05, 0) is 30.3 Å². The maximum Gasteiger partial charge on any atom is 0.337 e. The van der Waals surface area contributed by atoms with Gasteiger partial charge in [-0.3, -0.25) is 4.72 Å². The van der Waals surface area contributed by atoms with Crippen molar-refractivity contribution in [1.29, 1.82) is 0 Å². The summed E-state index contributed by atoms with van der Waals surface area (Å²) < 4.78 is 27.4. The van der Waals surface area contributed by atoms with Gasteiger partial charge in [0.05, 0.1) is 15.6 Å². The lowest BCUT2D eigenvalue weighted by atomic mass is 10.2. The molecule has 1 heterocycles. The third kappa shape index (κ3) is 3.32. The fraction of sp³-hybridized carbons (Fsp3) is 0. The van der Waals surface area contributed by atoms with Gasteiger partial charge in [0.25, 0.3) is 10.0 Å². The van der Waals surface area contributed by atoms with E-state index < -0.39 is 16.0 Å². The number of aromatic carboxylic acids is 1. The fourth-order valence-corrected chi connectivity index (χ4v) is 4.34. The van der Waals surface area contributed by atoms with Gasteiger partial charge in [0.2, 0.25) is 0 Å². The number of rotatable bonds is 4. The van der Waals surface area contributed by atoms with Crippen molar-refractivity contribution in [1.82, 2.24) is 0 Å². The van der Waals surface area contributed by atoms with Crippen LogP contribution in [0.3, 0.4) is 0 Å². The highest BCUT2D eigenvalue weighted by molar-refractivity contribution is 9.10. The van der Waals surface area contributed by atoms with Gasteiger partial charge in [0.1, 0.15) is 4.21 Å². The number of carbonyl (C=O) groups is 1. The van der Waals surface area contributed by atoms with Crippen molar-refractivity contribution >= 4 is 60.5 Å². The molecule has 1 aromatic heterocycles. The first-order valence-electron chi connectivity index (χ1n) is 5.10. The average molecular weight is 397 g/mol. The fourth-order valence-electron chi connectivity index (χ4n) is 1.42. The van der Waals surface area contributed by atoms with Crippen LogP contribution in [0.1, 0.15) is 10.4 Å². The van der Waals surface area contributed by atoms with Gasteiger partial charge >= 0.3 is 5.97 Å². The molecule has 0 radical (unpaired) electrons. The number of anilines is 1. The summed E-state index contributed by atoms with van der Waals surface area (Å²) in [7, 11) is -3.86. The van der Waals surface area contributed by atoms with E-state index in [1.165, 1.54) is 24.3 Å². The van der Waals surface area contributed by atoms with E-state index in [1.807, 2.05) is 0 Å². The van der Waals surface area contributed by atoms with Gasteiger partial charge in [-0.2, -0.15) is 0 Å². The SMILES string of the molecule is O=C(O)c1cc(Br)ccc1NS(=O)(=O)c1ccc(Cl)s1. The zero-order valence-corrected chi connectivity index (χ0v) is 13.6. The summed E-state index contributed by atoms with van der Waals surface area (Å²) in [5.41, 5.74) is -0.157. The molecule has 5 nitrogen and oxygen atoms in total. The molecule has 106 valence electrons. The van der Waals surface area contributed by atoms with Crippen molar-refractivity contribution in [2.24, 2.45) is 0 Å².